The molecule has 0 aliphatic rings. The number of nitrogen functional groups attached to an aromatic ring is 1. The van der Waals surface area contributed by atoms with Crippen molar-refractivity contribution >= 4 is 16.7 Å². The summed E-state index contributed by atoms with van der Waals surface area (Å²) in [6.07, 6.45) is 2.07. The minimum absolute atomic E-state index is 0.525. The summed E-state index contributed by atoms with van der Waals surface area (Å²) in [4.78, 5) is 0. The number of rotatable bonds is 2. The van der Waals surface area contributed by atoms with Gasteiger partial charge in [-0.15, -0.1) is 0 Å². The molecule has 19 heavy (non-hydrogen) atoms. The van der Waals surface area contributed by atoms with Crippen molar-refractivity contribution in [1.82, 2.24) is 14.3 Å². The van der Waals surface area contributed by atoms with Crippen LogP contribution in [0.1, 0.15) is 0 Å². The lowest BCUT2D eigenvalue weighted by atomic mass is 10.1. The topological polar surface area (TPSA) is 58.0 Å². The predicted octanol–water partition coefficient (Wildman–Crippen LogP) is 2.17. The number of benzene rings is 1. The smallest absolute Gasteiger partial charge is 0.146 e. The zero-order valence-corrected chi connectivity index (χ0v) is 11.2. The molecule has 0 spiro atoms. The Morgan fingerprint density at radius 3 is 2.68 bits per heavy atom. The summed E-state index contributed by atoms with van der Waals surface area (Å²) < 4.78 is 9.28. The largest absolute Gasteiger partial charge is 0.495 e. The molecule has 3 aromatic rings. The van der Waals surface area contributed by atoms with E-state index in [-0.39, 0.29) is 0 Å². The molecular formula is C14H16N4O. The van der Waals surface area contributed by atoms with Gasteiger partial charge in [-0.25, -0.2) is 0 Å². The number of anilines is 1. The van der Waals surface area contributed by atoms with Gasteiger partial charge in [0.25, 0.3) is 0 Å². The highest BCUT2D eigenvalue weighted by atomic mass is 16.5. The van der Waals surface area contributed by atoms with Crippen LogP contribution >= 0.6 is 0 Å². The average Bonchev–Trinajstić information content (AvgIpc) is 2.89. The third-order valence-corrected chi connectivity index (χ3v) is 3.36. The quantitative estimate of drug-likeness (QED) is 0.764. The highest BCUT2D eigenvalue weighted by Crippen LogP contribution is 2.35. The Hall–Kier alpha value is -2.43. The fraction of sp³-hybridized carbons (Fsp3) is 0.214. The SMILES string of the molecule is COc1cccc2c(-c3cc(N)nn3C)cn(C)c12. The molecule has 0 radical (unpaired) electrons. The van der Waals surface area contributed by atoms with Gasteiger partial charge in [0.15, 0.2) is 0 Å². The average molecular weight is 256 g/mol. The lowest BCUT2D eigenvalue weighted by Gasteiger charge is -2.04. The van der Waals surface area contributed by atoms with E-state index >= 15 is 0 Å². The summed E-state index contributed by atoms with van der Waals surface area (Å²) in [5.74, 6) is 1.39. The van der Waals surface area contributed by atoms with Gasteiger partial charge in [0, 0.05) is 37.3 Å². The molecule has 0 unspecified atom stereocenters. The second-order valence-corrected chi connectivity index (χ2v) is 4.59. The fourth-order valence-corrected chi connectivity index (χ4v) is 2.54. The molecule has 5 nitrogen and oxygen atoms in total. The Labute approximate surface area is 111 Å². The molecule has 0 aliphatic carbocycles. The van der Waals surface area contributed by atoms with E-state index in [1.807, 2.05) is 32.3 Å². The van der Waals surface area contributed by atoms with Gasteiger partial charge in [-0.1, -0.05) is 12.1 Å². The number of aryl methyl sites for hydroxylation is 2. The van der Waals surface area contributed by atoms with Gasteiger partial charge < -0.3 is 15.0 Å². The minimum atomic E-state index is 0.525. The highest BCUT2D eigenvalue weighted by Gasteiger charge is 2.15. The zero-order chi connectivity index (χ0) is 13.6. The van der Waals surface area contributed by atoms with Gasteiger partial charge >= 0.3 is 0 Å². The molecule has 5 heteroatoms. The molecule has 98 valence electrons. The van der Waals surface area contributed by atoms with Crippen molar-refractivity contribution in [2.75, 3.05) is 12.8 Å². The number of aromatic nitrogens is 3. The van der Waals surface area contributed by atoms with Crippen molar-refractivity contribution < 1.29 is 4.74 Å². The summed E-state index contributed by atoms with van der Waals surface area (Å²) in [7, 11) is 5.59. The third-order valence-electron chi connectivity index (χ3n) is 3.36. The van der Waals surface area contributed by atoms with Crippen LogP contribution < -0.4 is 10.5 Å². The first-order valence-electron chi connectivity index (χ1n) is 6.03. The number of hydrogen-bond donors (Lipinski definition) is 1. The lowest BCUT2D eigenvalue weighted by Crippen LogP contribution is -1.94. The van der Waals surface area contributed by atoms with Crippen LogP contribution in [0.3, 0.4) is 0 Å². The second kappa shape index (κ2) is 4.05. The van der Waals surface area contributed by atoms with Gasteiger partial charge in [-0.2, -0.15) is 5.10 Å². The standard InChI is InChI=1S/C14H16N4O/c1-17-8-10(11-7-13(15)16-18(11)2)9-5-4-6-12(19-3)14(9)17/h4-8H,1-3H3,(H2,15,16). The molecule has 0 saturated carbocycles. The number of hydrogen-bond acceptors (Lipinski definition) is 3. The monoisotopic (exact) mass is 256 g/mol. The van der Waals surface area contributed by atoms with Crippen molar-refractivity contribution in [3.63, 3.8) is 0 Å². The maximum atomic E-state index is 5.76. The molecule has 0 saturated heterocycles. The minimum Gasteiger partial charge on any atom is -0.495 e. The number of ether oxygens (including phenoxy) is 1. The van der Waals surface area contributed by atoms with Crippen LogP contribution in [0.5, 0.6) is 5.75 Å². The summed E-state index contributed by atoms with van der Waals surface area (Å²) in [6, 6.07) is 7.92. The van der Waals surface area contributed by atoms with Crippen molar-refractivity contribution in [3.05, 3.63) is 30.5 Å². The van der Waals surface area contributed by atoms with E-state index < -0.39 is 0 Å². The van der Waals surface area contributed by atoms with Gasteiger partial charge in [-0.05, 0) is 6.07 Å². The first kappa shape index (κ1) is 11.6. The van der Waals surface area contributed by atoms with Crippen LogP contribution in [-0.4, -0.2) is 21.5 Å². The molecular weight excluding hydrogens is 240 g/mol. The Bertz CT molecular complexity index is 754. The summed E-state index contributed by atoms with van der Waals surface area (Å²) in [6.45, 7) is 0. The van der Waals surface area contributed by atoms with Crippen LogP contribution in [0.2, 0.25) is 0 Å². The van der Waals surface area contributed by atoms with Gasteiger partial charge in [0.05, 0.1) is 18.3 Å². The van der Waals surface area contributed by atoms with Crippen LogP contribution in [0.25, 0.3) is 22.2 Å². The van der Waals surface area contributed by atoms with Crippen molar-refractivity contribution in [2.45, 2.75) is 0 Å². The maximum absolute atomic E-state index is 5.76. The molecule has 3 rings (SSSR count). The van der Waals surface area contributed by atoms with E-state index in [1.54, 1.807) is 11.8 Å². The molecule has 0 fully saturated rings. The van der Waals surface area contributed by atoms with Crippen LogP contribution in [0.15, 0.2) is 30.5 Å². The molecule has 0 bridgehead atoms. The molecule has 0 amide bonds. The molecule has 2 aromatic heterocycles. The molecule has 2 heterocycles. The Balaban J connectivity index is 2.34. The lowest BCUT2D eigenvalue weighted by molar-refractivity contribution is 0.418. The first-order valence-corrected chi connectivity index (χ1v) is 6.03. The molecule has 2 N–H and O–H groups in total. The van der Waals surface area contributed by atoms with Crippen molar-refractivity contribution in [1.29, 1.82) is 0 Å². The van der Waals surface area contributed by atoms with Gasteiger partial charge in [0.1, 0.15) is 11.6 Å². The number of methoxy groups -OCH3 is 1. The number of para-hydroxylation sites is 1. The summed E-state index contributed by atoms with van der Waals surface area (Å²) in [5.41, 5.74) is 8.93. The van der Waals surface area contributed by atoms with Gasteiger partial charge in [0.2, 0.25) is 0 Å². The zero-order valence-electron chi connectivity index (χ0n) is 11.2. The number of nitrogens with two attached hydrogens (primary N) is 1. The molecule has 0 aliphatic heterocycles. The van der Waals surface area contributed by atoms with E-state index in [2.05, 4.69) is 21.9 Å². The Kier molecular flexibility index (Phi) is 2.48. The van der Waals surface area contributed by atoms with E-state index in [4.69, 9.17) is 10.5 Å². The highest BCUT2D eigenvalue weighted by molar-refractivity contribution is 5.98. The Morgan fingerprint density at radius 2 is 2.05 bits per heavy atom. The van der Waals surface area contributed by atoms with E-state index in [0.29, 0.717) is 5.82 Å². The summed E-state index contributed by atoms with van der Waals surface area (Å²) in [5, 5.41) is 5.33. The molecule has 0 atom stereocenters. The van der Waals surface area contributed by atoms with Crippen LogP contribution in [0, 0.1) is 0 Å². The van der Waals surface area contributed by atoms with Crippen LogP contribution in [0.4, 0.5) is 5.82 Å². The number of nitrogens with zero attached hydrogens (tertiary/aromatic N) is 3. The molecule has 1 aromatic carbocycles. The second-order valence-electron chi connectivity index (χ2n) is 4.59. The van der Waals surface area contributed by atoms with Crippen molar-refractivity contribution in [3.8, 4) is 17.0 Å². The fourth-order valence-electron chi connectivity index (χ4n) is 2.54. The van der Waals surface area contributed by atoms with Gasteiger partial charge in [-0.3, -0.25) is 4.68 Å². The van der Waals surface area contributed by atoms with E-state index in [9.17, 15) is 0 Å². The number of fused-ring (bicyclic) bond motifs is 1. The summed E-state index contributed by atoms with van der Waals surface area (Å²) >= 11 is 0. The van der Waals surface area contributed by atoms with E-state index in [0.717, 1.165) is 27.9 Å². The van der Waals surface area contributed by atoms with E-state index in [1.165, 1.54) is 0 Å². The maximum Gasteiger partial charge on any atom is 0.146 e. The predicted molar refractivity (Wildman–Crippen MR) is 76.1 cm³/mol. The van der Waals surface area contributed by atoms with Crippen LogP contribution in [-0.2, 0) is 14.1 Å². The van der Waals surface area contributed by atoms with Crippen molar-refractivity contribution in [2.24, 2.45) is 14.1 Å². The normalized spacial score (nSPS) is 11.1. The third kappa shape index (κ3) is 1.66. The Morgan fingerprint density at radius 1 is 1.26 bits per heavy atom. The first-order chi connectivity index (χ1) is 9.11.